The normalized spacial score (nSPS) is 20.6. The van der Waals surface area contributed by atoms with Gasteiger partial charge in [0.1, 0.15) is 0 Å². The molecule has 2 N–H and O–H groups in total. The molecule has 4 atom stereocenters. The fraction of sp³-hybridized carbons (Fsp3) is 0.538. The predicted octanol–water partition coefficient (Wildman–Crippen LogP) is 5.59. The van der Waals surface area contributed by atoms with Crippen molar-refractivity contribution in [2.75, 3.05) is 22.9 Å². The molecule has 232 valence electrons. The van der Waals surface area contributed by atoms with Gasteiger partial charge in [-0.25, -0.2) is 0 Å². The van der Waals surface area contributed by atoms with E-state index < -0.39 is 46.5 Å². The van der Waals surface area contributed by atoms with Gasteiger partial charge < -0.3 is 20.0 Å². The van der Waals surface area contributed by atoms with Crippen molar-refractivity contribution in [1.82, 2.24) is 0 Å². The molecule has 0 bridgehead atoms. The van der Waals surface area contributed by atoms with Crippen LogP contribution in [0.2, 0.25) is 0 Å². The number of anilines is 2. The minimum Gasteiger partial charge on any atom is -0.382 e. The Kier molecular flexibility index (Phi) is 9.92. The molecule has 0 unspecified atom stereocenters. The summed E-state index contributed by atoms with van der Waals surface area (Å²) in [5, 5.41) is 40.4. The number of alkyl halides is 6. The van der Waals surface area contributed by atoms with E-state index in [1.807, 2.05) is 0 Å². The molecular formula is C26H30F6N4O6. The second-order valence-electron chi connectivity index (χ2n) is 10.2. The highest BCUT2D eigenvalue weighted by Crippen LogP contribution is 2.36. The van der Waals surface area contributed by atoms with Crippen LogP contribution < -0.4 is 9.80 Å². The topological polar surface area (TPSA) is 133 Å². The number of rotatable bonds is 6. The monoisotopic (exact) mass is 608 g/mol. The van der Waals surface area contributed by atoms with Gasteiger partial charge in [0.15, 0.2) is 12.2 Å². The largest absolute Gasteiger partial charge is 0.416 e. The fourth-order valence-electron chi connectivity index (χ4n) is 5.37. The molecule has 0 spiro atoms. The van der Waals surface area contributed by atoms with E-state index in [0.29, 0.717) is 48.4 Å². The molecule has 2 aliphatic heterocycles. The van der Waals surface area contributed by atoms with E-state index in [-0.39, 0.29) is 24.2 Å². The van der Waals surface area contributed by atoms with Crippen LogP contribution in [0.15, 0.2) is 36.4 Å². The molecule has 10 nitrogen and oxygen atoms in total. The van der Waals surface area contributed by atoms with Gasteiger partial charge in [0.25, 0.3) is 11.4 Å². The van der Waals surface area contributed by atoms with Gasteiger partial charge in [0.2, 0.25) is 0 Å². The molecule has 0 amide bonds. The average molecular weight is 609 g/mol. The molecule has 42 heavy (non-hydrogen) atoms. The summed E-state index contributed by atoms with van der Waals surface area (Å²) in [7, 11) is 0. The van der Waals surface area contributed by atoms with Crippen molar-refractivity contribution < 1.29 is 46.4 Å². The summed E-state index contributed by atoms with van der Waals surface area (Å²) in [6, 6.07) is 6.27. The number of hydrogen-bond acceptors (Lipinski definition) is 8. The average Bonchev–Trinajstić information content (AvgIpc) is 3.56. The SMILES string of the molecule is Cc1cc(N2CCC[C@@H]2[C@@H](O)C(F)(F)F)ccc1[N+](=O)[O-].Cc1cc(N2CCC[C@@H]2[C@H](O)C(F)(F)F)ccc1[N+](=O)[O-]. The third-order valence-electron chi connectivity index (χ3n) is 7.42. The zero-order valence-electron chi connectivity index (χ0n) is 22.6. The third kappa shape index (κ3) is 7.40. The summed E-state index contributed by atoms with van der Waals surface area (Å²) in [4.78, 5) is 23.4. The van der Waals surface area contributed by atoms with Crippen LogP contribution in [0.1, 0.15) is 36.8 Å². The van der Waals surface area contributed by atoms with E-state index in [9.17, 15) is 56.8 Å². The molecule has 0 radical (unpaired) electrons. The predicted molar refractivity (Wildman–Crippen MR) is 141 cm³/mol. The van der Waals surface area contributed by atoms with Gasteiger partial charge in [-0.3, -0.25) is 20.2 Å². The van der Waals surface area contributed by atoms with Crippen LogP contribution in [-0.2, 0) is 0 Å². The molecule has 2 aromatic carbocycles. The Labute approximate surface area is 236 Å². The number of aryl methyl sites for hydroxylation is 2. The minimum atomic E-state index is -4.68. The summed E-state index contributed by atoms with van der Waals surface area (Å²) in [6.07, 6.45) is -12.7. The number of halogens is 6. The summed E-state index contributed by atoms with van der Waals surface area (Å²) >= 11 is 0. The zero-order chi connectivity index (χ0) is 31.6. The van der Waals surface area contributed by atoms with Crippen LogP contribution in [0.3, 0.4) is 0 Å². The van der Waals surface area contributed by atoms with Gasteiger partial charge in [0.05, 0.1) is 21.9 Å². The van der Waals surface area contributed by atoms with Crippen LogP contribution in [-0.4, -0.2) is 69.8 Å². The Morgan fingerprint density at radius 2 is 1.07 bits per heavy atom. The number of aliphatic hydroxyl groups excluding tert-OH is 2. The highest BCUT2D eigenvalue weighted by atomic mass is 19.4. The highest BCUT2D eigenvalue weighted by Gasteiger charge is 2.48. The highest BCUT2D eigenvalue weighted by molar-refractivity contribution is 5.57. The number of hydrogen-bond donors (Lipinski definition) is 2. The summed E-state index contributed by atoms with van der Waals surface area (Å²) in [5.41, 5.74) is 1.53. The summed E-state index contributed by atoms with van der Waals surface area (Å²) < 4.78 is 76.0. The van der Waals surface area contributed by atoms with Gasteiger partial charge in [-0.2, -0.15) is 26.3 Å². The number of aliphatic hydroxyl groups is 2. The lowest BCUT2D eigenvalue weighted by atomic mass is 10.1. The molecule has 0 aliphatic carbocycles. The van der Waals surface area contributed by atoms with Crippen molar-refractivity contribution in [3.8, 4) is 0 Å². The summed E-state index contributed by atoms with van der Waals surface area (Å²) in [6.45, 7) is 3.84. The van der Waals surface area contributed by atoms with Gasteiger partial charge >= 0.3 is 12.4 Å². The Balaban J connectivity index is 0.000000230. The van der Waals surface area contributed by atoms with E-state index in [4.69, 9.17) is 0 Å². The Bertz CT molecular complexity index is 1190. The van der Waals surface area contributed by atoms with E-state index in [1.165, 1.54) is 60.0 Å². The first-order chi connectivity index (χ1) is 19.4. The lowest BCUT2D eigenvalue weighted by Crippen LogP contribution is -2.47. The molecule has 2 heterocycles. The van der Waals surface area contributed by atoms with Crippen molar-refractivity contribution in [2.45, 2.75) is 76.2 Å². The quantitative estimate of drug-likeness (QED) is 0.246. The van der Waals surface area contributed by atoms with Crippen molar-refractivity contribution in [3.63, 3.8) is 0 Å². The van der Waals surface area contributed by atoms with Crippen molar-refractivity contribution in [1.29, 1.82) is 0 Å². The molecule has 2 fully saturated rings. The molecule has 4 rings (SSSR count). The van der Waals surface area contributed by atoms with E-state index >= 15 is 0 Å². The number of nitro benzene ring substituents is 2. The second kappa shape index (κ2) is 12.7. The van der Waals surface area contributed by atoms with Crippen molar-refractivity contribution in [2.24, 2.45) is 0 Å². The minimum absolute atomic E-state index is 0.0779. The van der Waals surface area contributed by atoms with Gasteiger partial charge in [-0.1, -0.05) is 0 Å². The smallest absolute Gasteiger partial charge is 0.382 e. The standard InChI is InChI=1S/2C13H15F3N2O3/c2*1-8-7-9(4-5-10(8)18(20)21)17-6-2-3-11(17)12(19)13(14,15)16/h2*4-5,7,11-12,19H,2-3,6H2,1H3/t11-,12+;11-,12-/m11/s1. The maximum Gasteiger partial charge on any atom is 0.416 e. The third-order valence-corrected chi connectivity index (χ3v) is 7.42. The number of nitrogens with zero attached hydrogens (tertiary/aromatic N) is 4. The van der Waals surface area contributed by atoms with Crippen LogP contribution in [0, 0.1) is 34.1 Å². The maximum absolute atomic E-state index is 12.7. The first-order valence-electron chi connectivity index (χ1n) is 13.0. The van der Waals surface area contributed by atoms with Gasteiger partial charge in [-0.05, 0) is 63.8 Å². The van der Waals surface area contributed by atoms with Crippen molar-refractivity contribution >= 4 is 22.7 Å². The molecular weight excluding hydrogens is 578 g/mol. The lowest BCUT2D eigenvalue weighted by Gasteiger charge is -2.31. The van der Waals surface area contributed by atoms with Crippen LogP contribution >= 0.6 is 0 Å². The van der Waals surface area contributed by atoms with Crippen LogP contribution in [0.25, 0.3) is 0 Å². The van der Waals surface area contributed by atoms with E-state index in [0.717, 1.165) is 0 Å². The molecule has 2 aliphatic rings. The molecule has 2 aromatic rings. The van der Waals surface area contributed by atoms with E-state index in [1.54, 1.807) is 0 Å². The van der Waals surface area contributed by atoms with Crippen LogP contribution in [0.5, 0.6) is 0 Å². The van der Waals surface area contributed by atoms with Crippen LogP contribution in [0.4, 0.5) is 49.1 Å². The molecule has 0 aromatic heterocycles. The zero-order valence-corrected chi connectivity index (χ0v) is 22.6. The Morgan fingerprint density at radius 3 is 1.33 bits per heavy atom. The first kappa shape index (κ1) is 32.8. The molecule has 0 saturated carbocycles. The Hall–Kier alpha value is -3.66. The molecule has 16 heteroatoms. The van der Waals surface area contributed by atoms with Crippen molar-refractivity contribution in [3.05, 3.63) is 67.8 Å². The number of nitro groups is 2. The van der Waals surface area contributed by atoms with Gasteiger partial charge in [-0.15, -0.1) is 0 Å². The lowest BCUT2D eigenvalue weighted by molar-refractivity contribution is -0.385. The van der Waals surface area contributed by atoms with E-state index in [2.05, 4.69) is 0 Å². The maximum atomic E-state index is 12.7. The van der Waals surface area contributed by atoms with Gasteiger partial charge in [0, 0.05) is 47.7 Å². The second-order valence-corrected chi connectivity index (χ2v) is 10.2. The first-order valence-corrected chi connectivity index (χ1v) is 13.0. The summed E-state index contributed by atoms with van der Waals surface area (Å²) in [5.74, 6) is 0. The fourth-order valence-corrected chi connectivity index (χ4v) is 5.37. The molecule has 2 saturated heterocycles. The number of benzene rings is 2. The Morgan fingerprint density at radius 1 is 0.738 bits per heavy atom.